The first-order valence-corrected chi connectivity index (χ1v) is 23.0. The highest BCUT2D eigenvalue weighted by Crippen LogP contribution is 2.47. The molecule has 6 aliphatic rings. The fraction of sp³-hybridized carbons (Fsp3) is 0.451. The molecule has 322 valence electrons. The minimum Gasteiger partial charge on any atom is -0.508 e. The van der Waals surface area contributed by atoms with Gasteiger partial charge in [-0.1, -0.05) is 48.5 Å². The zero-order valence-electron chi connectivity index (χ0n) is 35.6. The largest absolute Gasteiger partial charge is 0.508 e. The minimum atomic E-state index is -0.617. The van der Waals surface area contributed by atoms with Crippen molar-refractivity contribution in [1.82, 2.24) is 20.0 Å². The number of aryl methyl sites for hydroxylation is 1. The first-order valence-electron chi connectivity index (χ1n) is 23.0. The predicted molar refractivity (Wildman–Crippen MR) is 239 cm³/mol. The zero-order chi connectivity index (χ0) is 42.3. The lowest BCUT2D eigenvalue weighted by Crippen LogP contribution is -2.52. The Labute approximate surface area is 364 Å². The van der Waals surface area contributed by atoms with Gasteiger partial charge >= 0.3 is 0 Å². The Bertz CT molecular complexity index is 2310. The number of piperazine rings is 1. The van der Waals surface area contributed by atoms with Crippen LogP contribution in [0.15, 0.2) is 91.0 Å². The van der Waals surface area contributed by atoms with Crippen molar-refractivity contribution in [1.29, 1.82) is 0 Å². The van der Waals surface area contributed by atoms with Crippen LogP contribution in [0.25, 0.3) is 0 Å². The van der Waals surface area contributed by atoms with Gasteiger partial charge in [-0.15, -0.1) is 0 Å². The Hall–Kier alpha value is -5.68. The zero-order valence-corrected chi connectivity index (χ0v) is 35.6. The van der Waals surface area contributed by atoms with Gasteiger partial charge in [-0.2, -0.15) is 0 Å². The van der Waals surface area contributed by atoms with Crippen LogP contribution in [-0.2, 0) is 27.3 Å². The van der Waals surface area contributed by atoms with Crippen molar-refractivity contribution in [2.75, 3.05) is 68.7 Å². The van der Waals surface area contributed by atoms with Crippen LogP contribution in [-0.4, -0.2) is 108 Å². The van der Waals surface area contributed by atoms with E-state index in [1.165, 1.54) is 27.9 Å². The molecule has 11 heteroatoms. The van der Waals surface area contributed by atoms with Gasteiger partial charge in [0.1, 0.15) is 11.8 Å². The number of piperidine rings is 3. The average molecular weight is 835 g/mol. The van der Waals surface area contributed by atoms with E-state index in [0.29, 0.717) is 42.0 Å². The second-order valence-corrected chi connectivity index (χ2v) is 18.6. The molecule has 0 saturated carbocycles. The highest BCUT2D eigenvalue weighted by Gasteiger charge is 2.40. The number of nitrogens with one attached hydrogen (secondary N) is 1. The van der Waals surface area contributed by atoms with Crippen molar-refractivity contribution in [2.24, 2.45) is 11.8 Å². The van der Waals surface area contributed by atoms with Crippen molar-refractivity contribution in [3.63, 3.8) is 0 Å². The van der Waals surface area contributed by atoms with Gasteiger partial charge in [0.2, 0.25) is 17.7 Å². The van der Waals surface area contributed by atoms with E-state index in [9.17, 15) is 24.3 Å². The summed E-state index contributed by atoms with van der Waals surface area (Å²) in [5.74, 6) is 1.13. The molecule has 0 bridgehead atoms. The van der Waals surface area contributed by atoms with Crippen LogP contribution in [0.1, 0.15) is 95.0 Å². The maximum absolute atomic E-state index is 13.7. The van der Waals surface area contributed by atoms with E-state index in [4.69, 9.17) is 0 Å². The van der Waals surface area contributed by atoms with Crippen LogP contribution < -0.4 is 15.1 Å². The molecule has 10 rings (SSSR count). The number of rotatable bonds is 8. The Morgan fingerprint density at radius 2 is 1.39 bits per heavy atom. The fourth-order valence-electron chi connectivity index (χ4n) is 11.5. The quantitative estimate of drug-likeness (QED) is 0.199. The number of likely N-dealkylation sites (tertiary alicyclic amines) is 1. The number of fused-ring (bicyclic) bond motifs is 2. The van der Waals surface area contributed by atoms with Crippen LogP contribution in [0, 0.1) is 11.8 Å². The number of anilines is 2. The second kappa shape index (κ2) is 17.2. The third kappa shape index (κ3) is 8.07. The number of imide groups is 1. The fourth-order valence-corrected chi connectivity index (χ4v) is 11.5. The third-order valence-electron chi connectivity index (χ3n) is 15.0. The van der Waals surface area contributed by atoms with Gasteiger partial charge in [0.05, 0.1) is 0 Å². The number of phenolic OH excluding ortho intramolecular Hbond substituents is 1. The topological polar surface area (TPSA) is 117 Å². The van der Waals surface area contributed by atoms with Gasteiger partial charge in [0, 0.05) is 101 Å². The van der Waals surface area contributed by atoms with Crippen molar-refractivity contribution >= 4 is 35.0 Å². The van der Waals surface area contributed by atoms with Crippen LogP contribution in [0.2, 0.25) is 0 Å². The Morgan fingerprint density at radius 1 is 0.661 bits per heavy atom. The minimum absolute atomic E-state index is 0.0437. The highest BCUT2D eigenvalue weighted by molar-refractivity contribution is 6.05. The van der Waals surface area contributed by atoms with E-state index in [1.807, 2.05) is 24.3 Å². The molecule has 3 atom stereocenters. The molecule has 5 aliphatic heterocycles. The molecule has 1 unspecified atom stereocenters. The number of benzene rings is 4. The van der Waals surface area contributed by atoms with Gasteiger partial charge in [-0.05, 0) is 127 Å². The SMILES string of the molecule is O=C1CCC(N2Cc3cc(N4CCC(C(=O)N5CCC(CN6CCN(c7ccc([C@@H]8c9ccc(O)cc9CC[C@@H]8c8ccccc8)cc7)CC6)CC5)CC4)ccc3C2=O)C(=O)N1. The van der Waals surface area contributed by atoms with Crippen LogP contribution in [0.3, 0.4) is 0 Å². The number of carbonyl (C=O) groups excluding carboxylic acids is 4. The van der Waals surface area contributed by atoms with Gasteiger partial charge in [0.15, 0.2) is 0 Å². The van der Waals surface area contributed by atoms with Crippen molar-refractivity contribution in [3.8, 4) is 5.75 Å². The maximum atomic E-state index is 13.7. The lowest BCUT2D eigenvalue weighted by molar-refractivity contribution is -0.138. The lowest BCUT2D eigenvalue weighted by atomic mass is 9.69. The smallest absolute Gasteiger partial charge is 0.255 e. The molecule has 4 aromatic carbocycles. The molecule has 5 heterocycles. The summed E-state index contributed by atoms with van der Waals surface area (Å²) < 4.78 is 0. The summed E-state index contributed by atoms with van der Waals surface area (Å²) in [6.07, 6.45) is 6.39. The monoisotopic (exact) mass is 834 g/mol. The molecule has 4 aromatic rings. The van der Waals surface area contributed by atoms with E-state index in [1.54, 1.807) is 4.90 Å². The maximum Gasteiger partial charge on any atom is 0.255 e. The summed E-state index contributed by atoms with van der Waals surface area (Å²) in [4.78, 5) is 62.2. The molecule has 0 radical (unpaired) electrons. The van der Waals surface area contributed by atoms with Gasteiger partial charge < -0.3 is 24.7 Å². The predicted octanol–water partition coefficient (Wildman–Crippen LogP) is 6.29. The lowest BCUT2D eigenvalue weighted by Gasteiger charge is -2.41. The summed E-state index contributed by atoms with van der Waals surface area (Å²) in [7, 11) is 0. The normalized spacial score (nSPS) is 23.9. The molecule has 1 aliphatic carbocycles. The van der Waals surface area contributed by atoms with Crippen molar-refractivity contribution in [2.45, 2.75) is 75.8 Å². The number of nitrogens with zero attached hydrogens (tertiary/aromatic N) is 5. The number of aromatic hydroxyl groups is 1. The summed E-state index contributed by atoms with van der Waals surface area (Å²) in [5, 5.41) is 12.6. The molecule has 0 spiro atoms. The van der Waals surface area contributed by atoms with Crippen molar-refractivity contribution in [3.05, 3.63) is 124 Å². The Balaban J connectivity index is 0.676. The molecule has 0 aromatic heterocycles. The van der Waals surface area contributed by atoms with Crippen LogP contribution >= 0.6 is 0 Å². The standard InChI is InChI=1S/C51H58N6O5/c58-42-12-15-44-38(31-42)8-13-43(35-4-2-1-3-5-35)48(44)36-6-9-40(10-7-36)55-28-26-53(27-29-55)32-34-18-22-56(23-19-34)50(61)37-20-24-54(25-21-37)41-11-14-45-39(30-41)33-57(51(45)62)46-16-17-47(59)52-49(46)60/h1-7,9-12,14-15,30-31,34,37,43,46,48,58H,8,13,16-29,32-33H2,(H,52,59,60)/t43-,46?,48+/m1/s1. The average Bonchev–Trinajstić information content (AvgIpc) is 3.63. The number of hydrogen-bond acceptors (Lipinski definition) is 8. The van der Waals surface area contributed by atoms with Gasteiger partial charge in [0.25, 0.3) is 5.91 Å². The van der Waals surface area contributed by atoms with Crippen LogP contribution in [0.4, 0.5) is 11.4 Å². The molecule has 4 amide bonds. The number of carbonyl (C=O) groups is 4. The highest BCUT2D eigenvalue weighted by atomic mass is 16.3. The Morgan fingerprint density at radius 3 is 2.13 bits per heavy atom. The molecular weight excluding hydrogens is 777 g/mol. The van der Waals surface area contributed by atoms with Crippen LogP contribution in [0.5, 0.6) is 5.75 Å². The van der Waals surface area contributed by atoms with Gasteiger partial charge in [-0.25, -0.2) is 0 Å². The summed E-state index contributed by atoms with van der Waals surface area (Å²) in [6.45, 7) is 8.86. The van der Waals surface area contributed by atoms with E-state index in [2.05, 4.69) is 91.6 Å². The number of hydrogen-bond donors (Lipinski definition) is 2. The molecule has 62 heavy (non-hydrogen) atoms. The number of phenols is 1. The Kier molecular flexibility index (Phi) is 11.2. The number of amides is 4. The third-order valence-corrected chi connectivity index (χ3v) is 15.0. The molecule has 4 saturated heterocycles. The summed E-state index contributed by atoms with van der Waals surface area (Å²) in [6, 6.07) is 31.4. The van der Waals surface area contributed by atoms with E-state index >= 15 is 0 Å². The second-order valence-electron chi connectivity index (χ2n) is 18.6. The molecular formula is C51H58N6O5. The van der Waals surface area contributed by atoms with E-state index in [0.717, 1.165) is 109 Å². The van der Waals surface area contributed by atoms with E-state index in [-0.39, 0.29) is 30.1 Å². The molecule has 2 N–H and O–H groups in total. The first kappa shape index (κ1) is 40.4. The molecule has 4 fully saturated rings. The first-order chi connectivity index (χ1) is 30.3. The van der Waals surface area contributed by atoms with Crippen molar-refractivity contribution < 1.29 is 24.3 Å². The summed E-state index contributed by atoms with van der Waals surface area (Å²) in [5.41, 5.74) is 9.17. The van der Waals surface area contributed by atoms with Gasteiger partial charge in [-0.3, -0.25) is 29.4 Å². The summed E-state index contributed by atoms with van der Waals surface area (Å²) >= 11 is 0. The molecule has 11 nitrogen and oxygen atoms in total. The van der Waals surface area contributed by atoms with E-state index < -0.39 is 11.9 Å².